The Hall–Kier alpha value is -1.49. The van der Waals surface area contributed by atoms with E-state index in [2.05, 4.69) is 20.9 Å². The molecule has 0 radical (unpaired) electrons. The molecular formula is C14H13BrClNO7. The van der Waals surface area contributed by atoms with Crippen LogP contribution in [0.3, 0.4) is 0 Å². The van der Waals surface area contributed by atoms with Crippen LogP contribution in [0, 0.1) is 0 Å². The number of Topliss-reactive ketones (excluding diaryl/α,β-unsaturated/α-hetero) is 1. The molecule has 0 aliphatic heterocycles. The Labute approximate surface area is 148 Å². The topological polar surface area (TPSA) is 151 Å². The number of rotatable bonds is 6. The summed E-state index contributed by atoms with van der Waals surface area (Å²) in [4.78, 5) is 25.8. The number of carbonyl (C=O) groups is 2. The monoisotopic (exact) mass is 421 g/mol. The van der Waals surface area contributed by atoms with Gasteiger partial charge in [0.1, 0.15) is 18.3 Å². The summed E-state index contributed by atoms with van der Waals surface area (Å²) in [6, 6.07) is 3.28. The first-order chi connectivity index (χ1) is 11.2. The van der Waals surface area contributed by atoms with E-state index >= 15 is 0 Å². The van der Waals surface area contributed by atoms with E-state index in [0.717, 1.165) is 0 Å². The minimum atomic E-state index is -2.36. The predicted molar refractivity (Wildman–Crippen MR) is 87.0 cm³/mol. The van der Waals surface area contributed by atoms with Crippen LogP contribution in [0.4, 0.5) is 0 Å². The molecule has 0 unspecified atom stereocenters. The smallest absolute Gasteiger partial charge is 0.335 e. The van der Waals surface area contributed by atoms with Gasteiger partial charge in [0.25, 0.3) is 0 Å². The summed E-state index contributed by atoms with van der Waals surface area (Å²) in [6.07, 6.45) is -7.72. The lowest BCUT2D eigenvalue weighted by molar-refractivity contribution is -0.161. The van der Waals surface area contributed by atoms with Gasteiger partial charge >= 0.3 is 5.97 Å². The Morgan fingerprint density at radius 1 is 1.08 bits per heavy atom. The van der Waals surface area contributed by atoms with Gasteiger partial charge in [-0.3, -0.25) is 4.79 Å². The number of ketones is 1. The fourth-order valence-corrected chi connectivity index (χ4v) is 2.78. The SMILES string of the molecule is O=C(O)[C@@H](O)[C@@H](O)[C@H](O)[C@@H](O)C(=O)c1c[nH]c2ccc(Br)c(Cl)c12. The molecule has 0 aliphatic rings. The number of fused-ring (bicyclic) bond motifs is 1. The van der Waals surface area contributed by atoms with Crippen LogP contribution in [0.1, 0.15) is 10.4 Å². The van der Waals surface area contributed by atoms with Gasteiger partial charge in [0.15, 0.2) is 11.9 Å². The Kier molecular flexibility index (Phi) is 5.63. The minimum Gasteiger partial charge on any atom is -0.479 e. The van der Waals surface area contributed by atoms with Gasteiger partial charge in [0.2, 0.25) is 0 Å². The zero-order valence-electron chi connectivity index (χ0n) is 11.8. The molecule has 2 aromatic rings. The summed E-state index contributed by atoms with van der Waals surface area (Å²) in [7, 11) is 0. The number of aromatic nitrogens is 1. The van der Waals surface area contributed by atoms with E-state index in [0.29, 0.717) is 9.99 Å². The second kappa shape index (κ2) is 7.18. The average Bonchev–Trinajstić information content (AvgIpc) is 2.99. The van der Waals surface area contributed by atoms with Crippen LogP contribution in [0.15, 0.2) is 22.8 Å². The van der Waals surface area contributed by atoms with Gasteiger partial charge in [-0.15, -0.1) is 0 Å². The van der Waals surface area contributed by atoms with E-state index in [4.69, 9.17) is 16.7 Å². The second-order valence-corrected chi connectivity index (χ2v) is 6.29. The lowest BCUT2D eigenvalue weighted by Crippen LogP contribution is -2.50. The highest BCUT2D eigenvalue weighted by atomic mass is 79.9. The highest BCUT2D eigenvalue weighted by Gasteiger charge is 2.38. The van der Waals surface area contributed by atoms with Crippen molar-refractivity contribution in [3.63, 3.8) is 0 Å². The van der Waals surface area contributed by atoms with Crippen molar-refractivity contribution in [1.29, 1.82) is 0 Å². The largest absolute Gasteiger partial charge is 0.479 e. The van der Waals surface area contributed by atoms with Crippen LogP contribution in [0.5, 0.6) is 0 Å². The fourth-order valence-electron chi connectivity index (χ4n) is 2.18. The first-order valence-corrected chi connectivity index (χ1v) is 7.78. The maximum absolute atomic E-state index is 12.4. The Morgan fingerprint density at radius 2 is 1.67 bits per heavy atom. The number of aliphatic hydroxyl groups excluding tert-OH is 4. The van der Waals surface area contributed by atoms with E-state index in [9.17, 15) is 30.0 Å². The molecule has 1 heterocycles. The van der Waals surface area contributed by atoms with Crippen LogP contribution in [-0.4, -0.2) is 66.7 Å². The number of hydrogen-bond acceptors (Lipinski definition) is 6. The Bertz CT molecular complexity index is 793. The first kappa shape index (κ1) is 18.8. The number of carboxylic acids is 1. The van der Waals surface area contributed by atoms with Crippen molar-refractivity contribution in [2.24, 2.45) is 0 Å². The van der Waals surface area contributed by atoms with Crippen molar-refractivity contribution < 1.29 is 35.1 Å². The number of halogens is 2. The van der Waals surface area contributed by atoms with Crippen molar-refractivity contribution >= 4 is 50.2 Å². The van der Waals surface area contributed by atoms with Gasteiger partial charge < -0.3 is 30.5 Å². The molecule has 0 saturated heterocycles. The highest BCUT2D eigenvalue weighted by Crippen LogP contribution is 2.33. The van der Waals surface area contributed by atoms with Gasteiger partial charge in [-0.1, -0.05) is 11.6 Å². The van der Waals surface area contributed by atoms with E-state index in [1.54, 1.807) is 12.1 Å². The zero-order chi connectivity index (χ0) is 18.2. The normalized spacial score (nSPS) is 16.6. The summed E-state index contributed by atoms with van der Waals surface area (Å²) in [5, 5.41) is 47.6. The molecule has 2 rings (SSSR count). The molecule has 8 nitrogen and oxygen atoms in total. The van der Waals surface area contributed by atoms with Gasteiger partial charge in [0, 0.05) is 27.1 Å². The number of carbonyl (C=O) groups excluding carboxylic acids is 1. The molecular weight excluding hydrogens is 410 g/mol. The summed E-state index contributed by atoms with van der Waals surface area (Å²) in [5.41, 5.74) is 0.444. The number of aliphatic carboxylic acids is 1. The van der Waals surface area contributed by atoms with Crippen molar-refractivity contribution in [2.45, 2.75) is 24.4 Å². The molecule has 1 aromatic carbocycles. The number of hydrogen-bond donors (Lipinski definition) is 6. The van der Waals surface area contributed by atoms with Gasteiger partial charge in [-0.05, 0) is 28.1 Å². The standard InChI is InChI=1S/C14H13BrClNO7/c15-5-1-2-6-7(8(5)16)4(3-17-6)9(18)10(19)11(20)12(21)13(22)14(23)24/h1-3,10-13,17,19-22H,(H,23,24)/t10-,11+,12-,13-/m0/s1. The van der Waals surface area contributed by atoms with E-state index < -0.39 is 36.2 Å². The highest BCUT2D eigenvalue weighted by molar-refractivity contribution is 9.10. The lowest BCUT2D eigenvalue weighted by atomic mass is 9.96. The summed E-state index contributed by atoms with van der Waals surface area (Å²) in [5.74, 6) is -2.80. The third kappa shape index (κ3) is 3.32. The quantitative estimate of drug-likeness (QED) is 0.366. The molecule has 0 saturated carbocycles. The number of aromatic amines is 1. The van der Waals surface area contributed by atoms with Crippen LogP contribution in [0.25, 0.3) is 10.9 Å². The number of benzene rings is 1. The van der Waals surface area contributed by atoms with Crippen LogP contribution < -0.4 is 0 Å². The molecule has 0 fully saturated rings. The Balaban J connectivity index is 2.35. The maximum atomic E-state index is 12.4. The number of H-pyrrole nitrogens is 1. The van der Waals surface area contributed by atoms with E-state index in [1.165, 1.54) is 6.20 Å². The number of carboxylic acid groups (broad SMARTS) is 1. The molecule has 24 heavy (non-hydrogen) atoms. The van der Waals surface area contributed by atoms with Crippen molar-refractivity contribution in [2.75, 3.05) is 0 Å². The molecule has 4 atom stereocenters. The predicted octanol–water partition coefficient (Wildman–Crippen LogP) is 0.295. The second-order valence-electron chi connectivity index (χ2n) is 5.06. The summed E-state index contributed by atoms with van der Waals surface area (Å²) < 4.78 is 0.502. The first-order valence-electron chi connectivity index (χ1n) is 6.61. The van der Waals surface area contributed by atoms with Gasteiger partial charge in [0.05, 0.1) is 5.02 Å². The molecule has 6 N–H and O–H groups in total. The van der Waals surface area contributed by atoms with E-state index in [-0.39, 0.29) is 16.0 Å². The van der Waals surface area contributed by atoms with E-state index in [1.807, 2.05) is 0 Å². The lowest BCUT2D eigenvalue weighted by Gasteiger charge is -2.23. The zero-order valence-corrected chi connectivity index (χ0v) is 14.2. The van der Waals surface area contributed by atoms with Crippen molar-refractivity contribution in [3.05, 3.63) is 33.4 Å². The summed E-state index contributed by atoms with van der Waals surface area (Å²) in [6.45, 7) is 0. The third-order valence-electron chi connectivity index (χ3n) is 3.52. The molecule has 0 bridgehead atoms. The Morgan fingerprint density at radius 3 is 2.25 bits per heavy atom. The van der Waals surface area contributed by atoms with Crippen LogP contribution in [-0.2, 0) is 4.79 Å². The van der Waals surface area contributed by atoms with Gasteiger partial charge in [-0.25, -0.2) is 4.79 Å². The van der Waals surface area contributed by atoms with Crippen LogP contribution >= 0.6 is 27.5 Å². The minimum absolute atomic E-state index is 0.0557. The number of aliphatic hydroxyl groups is 4. The van der Waals surface area contributed by atoms with Gasteiger partial charge in [-0.2, -0.15) is 0 Å². The molecule has 130 valence electrons. The number of nitrogens with one attached hydrogen (secondary N) is 1. The third-order valence-corrected chi connectivity index (χ3v) is 4.80. The van der Waals surface area contributed by atoms with Crippen LogP contribution in [0.2, 0.25) is 5.02 Å². The maximum Gasteiger partial charge on any atom is 0.335 e. The van der Waals surface area contributed by atoms with Crippen molar-refractivity contribution in [3.8, 4) is 0 Å². The molecule has 0 spiro atoms. The molecule has 0 amide bonds. The average molecular weight is 423 g/mol. The summed E-state index contributed by atoms with van der Waals surface area (Å²) >= 11 is 9.33. The fraction of sp³-hybridized carbons (Fsp3) is 0.286. The molecule has 1 aromatic heterocycles. The van der Waals surface area contributed by atoms with Crippen molar-refractivity contribution in [1.82, 2.24) is 4.98 Å². The molecule has 10 heteroatoms. The molecule has 0 aliphatic carbocycles.